The molecule has 0 aliphatic rings. The zero-order chi connectivity index (χ0) is 15.3. The molecular weight excluding hydrogens is 278 g/mol. The third-order valence-corrected chi connectivity index (χ3v) is 4.74. The van der Waals surface area contributed by atoms with Crippen molar-refractivity contribution in [3.8, 4) is 0 Å². The number of sulfonamides is 1. The van der Waals surface area contributed by atoms with Gasteiger partial charge in [0.2, 0.25) is 10.0 Å². The Morgan fingerprint density at radius 1 is 1.30 bits per heavy atom. The molecule has 0 aromatic heterocycles. The van der Waals surface area contributed by atoms with Crippen LogP contribution in [0.5, 0.6) is 0 Å². The van der Waals surface area contributed by atoms with Crippen molar-refractivity contribution in [1.29, 1.82) is 0 Å². The first-order valence-corrected chi connectivity index (χ1v) is 7.97. The number of carbonyl (C=O) groups is 1. The van der Waals surface area contributed by atoms with Crippen molar-refractivity contribution >= 4 is 16.0 Å². The summed E-state index contributed by atoms with van der Waals surface area (Å²) in [5.41, 5.74) is 0.968. The van der Waals surface area contributed by atoms with Gasteiger partial charge in [-0.1, -0.05) is 38.0 Å². The second-order valence-corrected chi connectivity index (χ2v) is 6.53. The van der Waals surface area contributed by atoms with E-state index in [9.17, 15) is 13.2 Å². The van der Waals surface area contributed by atoms with E-state index in [0.717, 1.165) is 5.56 Å². The first-order chi connectivity index (χ1) is 9.31. The molecule has 0 radical (unpaired) electrons. The van der Waals surface area contributed by atoms with E-state index in [2.05, 4.69) is 9.46 Å². The summed E-state index contributed by atoms with van der Waals surface area (Å²) in [5, 5.41) is 0. The zero-order valence-corrected chi connectivity index (χ0v) is 13.0. The first-order valence-electron chi connectivity index (χ1n) is 6.48. The molecule has 2 atom stereocenters. The van der Waals surface area contributed by atoms with Gasteiger partial charge in [0.1, 0.15) is 6.04 Å². The number of esters is 1. The Hall–Kier alpha value is -1.40. The maximum Gasteiger partial charge on any atom is 0.324 e. The number of carbonyl (C=O) groups excluding carboxylic acids is 1. The molecule has 0 amide bonds. The highest BCUT2D eigenvalue weighted by atomic mass is 32.2. The lowest BCUT2D eigenvalue weighted by Gasteiger charge is -2.21. The number of hydrogen-bond acceptors (Lipinski definition) is 4. The third-order valence-electron chi connectivity index (χ3n) is 3.28. The maximum atomic E-state index is 12.3. The van der Waals surface area contributed by atoms with Crippen molar-refractivity contribution in [2.75, 3.05) is 7.11 Å². The van der Waals surface area contributed by atoms with E-state index in [1.807, 2.05) is 13.8 Å². The number of benzene rings is 1. The molecule has 20 heavy (non-hydrogen) atoms. The third kappa shape index (κ3) is 4.05. The van der Waals surface area contributed by atoms with Gasteiger partial charge in [0.15, 0.2) is 0 Å². The molecule has 1 N–H and O–H groups in total. The Morgan fingerprint density at radius 3 is 2.30 bits per heavy atom. The van der Waals surface area contributed by atoms with E-state index >= 15 is 0 Å². The molecule has 0 saturated heterocycles. The van der Waals surface area contributed by atoms with Crippen LogP contribution in [0.25, 0.3) is 0 Å². The lowest BCUT2D eigenvalue weighted by Crippen LogP contribution is -2.45. The Balaban J connectivity index is 3.02. The number of nitrogens with one attached hydrogen (secondary N) is 1. The quantitative estimate of drug-likeness (QED) is 0.814. The highest BCUT2D eigenvalue weighted by molar-refractivity contribution is 7.89. The van der Waals surface area contributed by atoms with Gasteiger partial charge in [-0.3, -0.25) is 4.79 Å². The highest BCUT2D eigenvalue weighted by Crippen LogP contribution is 2.15. The molecule has 1 rings (SSSR count). The minimum absolute atomic E-state index is 0.139. The van der Waals surface area contributed by atoms with Gasteiger partial charge in [-0.25, -0.2) is 8.42 Å². The van der Waals surface area contributed by atoms with E-state index in [-0.39, 0.29) is 10.8 Å². The summed E-state index contributed by atoms with van der Waals surface area (Å²) in [7, 11) is -2.49. The van der Waals surface area contributed by atoms with Crippen molar-refractivity contribution in [3.63, 3.8) is 0 Å². The number of hydrogen-bond donors (Lipinski definition) is 1. The Bertz CT molecular complexity index is 551. The molecule has 0 saturated carbocycles. The average molecular weight is 299 g/mol. The van der Waals surface area contributed by atoms with Crippen LogP contribution in [0.4, 0.5) is 0 Å². The van der Waals surface area contributed by atoms with Crippen LogP contribution in [0.2, 0.25) is 0 Å². The lowest BCUT2D eigenvalue weighted by molar-refractivity contribution is -0.143. The summed E-state index contributed by atoms with van der Waals surface area (Å²) < 4.78 is 31.6. The van der Waals surface area contributed by atoms with Crippen LogP contribution in [-0.2, 0) is 19.6 Å². The number of ether oxygens (including phenoxy) is 1. The van der Waals surface area contributed by atoms with Gasteiger partial charge in [-0.05, 0) is 25.0 Å². The zero-order valence-electron chi connectivity index (χ0n) is 12.2. The van der Waals surface area contributed by atoms with Crippen LogP contribution in [0.1, 0.15) is 25.8 Å². The smallest absolute Gasteiger partial charge is 0.324 e. The largest absolute Gasteiger partial charge is 0.468 e. The average Bonchev–Trinajstić information content (AvgIpc) is 2.43. The van der Waals surface area contributed by atoms with Crippen LogP contribution in [0, 0.1) is 12.8 Å². The van der Waals surface area contributed by atoms with E-state index in [1.165, 1.54) is 19.2 Å². The van der Waals surface area contributed by atoms with Crippen LogP contribution >= 0.6 is 0 Å². The van der Waals surface area contributed by atoms with Crippen molar-refractivity contribution in [1.82, 2.24) is 4.72 Å². The molecule has 0 fully saturated rings. The fourth-order valence-electron chi connectivity index (χ4n) is 1.71. The molecule has 5 nitrogen and oxygen atoms in total. The molecule has 1 aromatic rings. The monoisotopic (exact) mass is 299 g/mol. The first kappa shape index (κ1) is 16.7. The number of methoxy groups -OCH3 is 1. The molecule has 6 heteroatoms. The van der Waals surface area contributed by atoms with Crippen molar-refractivity contribution in [2.45, 2.75) is 38.1 Å². The van der Waals surface area contributed by atoms with Gasteiger partial charge in [-0.2, -0.15) is 4.72 Å². The number of aryl methyl sites for hydroxylation is 1. The Morgan fingerprint density at radius 2 is 1.85 bits per heavy atom. The lowest BCUT2D eigenvalue weighted by atomic mass is 10.0. The summed E-state index contributed by atoms with van der Waals surface area (Å²) in [6.07, 6.45) is 0.663. The number of rotatable bonds is 6. The second kappa shape index (κ2) is 6.85. The Kier molecular flexibility index (Phi) is 5.71. The standard InChI is InChI=1S/C14H21NO4S/c1-5-11(3)13(14(16)19-4)15-20(17,18)12-8-6-10(2)7-9-12/h6-9,11,13,15H,5H2,1-4H3/t11-,13-/m0/s1. The van der Waals surface area contributed by atoms with Crippen molar-refractivity contribution in [3.05, 3.63) is 29.8 Å². The molecule has 0 aliphatic heterocycles. The molecular formula is C14H21NO4S. The van der Waals surface area contributed by atoms with E-state index in [0.29, 0.717) is 6.42 Å². The summed E-state index contributed by atoms with van der Waals surface area (Å²) in [6, 6.07) is 5.58. The fraction of sp³-hybridized carbons (Fsp3) is 0.500. The fourth-order valence-corrected chi connectivity index (χ4v) is 3.01. The van der Waals surface area contributed by atoms with Gasteiger partial charge in [0.25, 0.3) is 0 Å². The van der Waals surface area contributed by atoms with Crippen LogP contribution < -0.4 is 4.72 Å². The molecule has 0 unspecified atom stereocenters. The van der Waals surface area contributed by atoms with Gasteiger partial charge in [0, 0.05) is 0 Å². The minimum Gasteiger partial charge on any atom is -0.468 e. The normalized spacial score (nSPS) is 14.6. The second-order valence-electron chi connectivity index (χ2n) is 4.82. The topological polar surface area (TPSA) is 72.5 Å². The molecule has 0 spiro atoms. The molecule has 0 heterocycles. The van der Waals surface area contributed by atoms with E-state index in [1.54, 1.807) is 19.1 Å². The molecule has 1 aromatic carbocycles. The Labute approximate surface area is 120 Å². The van der Waals surface area contributed by atoms with Gasteiger partial charge >= 0.3 is 5.97 Å². The van der Waals surface area contributed by atoms with Gasteiger partial charge in [0.05, 0.1) is 12.0 Å². The van der Waals surface area contributed by atoms with Crippen molar-refractivity contribution < 1.29 is 17.9 Å². The molecule has 0 aliphatic carbocycles. The van der Waals surface area contributed by atoms with E-state index in [4.69, 9.17) is 0 Å². The van der Waals surface area contributed by atoms with Crippen LogP contribution in [0.15, 0.2) is 29.2 Å². The van der Waals surface area contributed by atoms with Crippen LogP contribution in [0.3, 0.4) is 0 Å². The predicted octanol–water partition coefficient (Wildman–Crippen LogP) is 1.86. The van der Waals surface area contributed by atoms with Crippen molar-refractivity contribution in [2.24, 2.45) is 5.92 Å². The van der Waals surface area contributed by atoms with Gasteiger partial charge < -0.3 is 4.74 Å². The SMILES string of the molecule is CC[C@H](C)[C@H](NS(=O)(=O)c1ccc(C)cc1)C(=O)OC. The van der Waals surface area contributed by atoms with Gasteiger partial charge in [-0.15, -0.1) is 0 Å². The summed E-state index contributed by atoms with van der Waals surface area (Å²) >= 11 is 0. The maximum absolute atomic E-state index is 12.3. The summed E-state index contributed by atoms with van der Waals surface area (Å²) in [5.74, 6) is -0.724. The molecule has 112 valence electrons. The molecule has 0 bridgehead atoms. The highest BCUT2D eigenvalue weighted by Gasteiger charge is 2.30. The van der Waals surface area contributed by atoms with Crippen LogP contribution in [-0.4, -0.2) is 27.5 Å². The minimum atomic E-state index is -3.74. The summed E-state index contributed by atoms with van der Waals surface area (Å²) in [6.45, 7) is 5.57. The predicted molar refractivity (Wildman–Crippen MR) is 76.8 cm³/mol. The summed E-state index contributed by atoms with van der Waals surface area (Å²) in [4.78, 5) is 11.9. The van der Waals surface area contributed by atoms with E-state index < -0.39 is 22.0 Å².